The Labute approximate surface area is 117 Å². The highest BCUT2D eigenvalue weighted by molar-refractivity contribution is 7.91. The van der Waals surface area contributed by atoms with Gasteiger partial charge in [-0.05, 0) is 18.4 Å². The van der Waals surface area contributed by atoms with Gasteiger partial charge < -0.3 is 10.6 Å². The lowest BCUT2D eigenvalue weighted by molar-refractivity contribution is -0.122. The highest BCUT2D eigenvalue weighted by Crippen LogP contribution is 2.18. The number of carbonyl (C=O) groups excluding carboxylic acids is 1. The molecule has 1 aliphatic rings. The van der Waals surface area contributed by atoms with Gasteiger partial charge >= 0.3 is 0 Å². The molecule has 2 atom stereocenters. The standard InChI is InChI=1S/C12H18N2O3S2/c1-9(11-3-2-5-18-11)14-12(15)7-10-8-19(16,17)6-4-13-10/h2-3,5,9-10,13H,4,6-8H2,1H3,(H,14,15)/t9-,10?/m0/s1. The second-order valence-corrected chi connectivity index (χ2v) is 7.98. The van der Waals surface area contributed by atoms with E-state index in [4.69, 9.17) is 0 Å². The van der Waals surface area contributed by atoms with E-state index in [1.54, 1.807) is 11.3 Å². The van der Waals surface area contributed by atoms with Crippen molar-refractivity contribution < 1.29 is 13.2 Å². The van der Waals surface area contributed by atoms with E-state index in [0.717, 1.165) is 4.88 Å². The summed E-state index contributed by atoms with van der Waals surface area (Å²) in [4.78, 5) is 13.0. The lowest BCUT2D eigenvalue weighted by Gasteiger charge is -2.23. The van der Waals surface area contributed by atoms with Crippen LogP contribution in [0.4, 0.5) is 0 Å². The number of sulfone groups is 1. The summed E-state index contributed by atoms with van der Waals surface area (Å²) < 4.78 is 23.0. The molecule has 1 amide bonds. The first-order valence-corrected chi connectivity index (χ1v) is 8.93. The summed E-state index contributed by atoms with van der Waals surface area (Å²) in [6.07, 6.45) is 0.203. The average molecular weight is 302 g/mol. The molecule has 2 heterocycles. The third-order valence-corrected chi connectivity index (χ3v) is 5.87. The summed E-state index contributed by atoms with van der Waals surface area (Å²) in [5.41, 5.74) is 0. The van der Waals surface area contributed by atoms with Gasteiger partial charge in [0.25, 0.3) is 0 Å². The van der Waals surface area contributed by atoms with E-state index >= 15 is 0 Å². The second-order valence-electron chi connectivity index (χ2n) is 4.77. The Bertz CT molecular complexity index is 525. The Morgan fingerprint density at radius 1 is 1.63 bits per heavy atom. The van der Waals surface area contributed by atoms with Gasteiger partial charge in [-0.1, -0.05) is 6.07 Å². The van der Waals surface area contributed by atoms with Crippen molar-refractivity contribution in [2.24, 2.45) is 0 Å². The highest BCUT2D eigenvalue weighted by Gasteiger charge is 2.26. The maximum absolute atomic E-state index is 11.9. The van der Waals surface area contributed by atoms with Crippen molar-refractivity contribution in [1.82, 2.24) is 10.6 Å². The predicted octanol–water partition coefficient (Wildman–Crippen LogP) is 0.702. The number of amides is 1. The Morgan fingerprint density at radius 2 is 2.42 bits per heavy atom. The number of hydrogen-bond donors (Lipinski definition) is 2. The fourth-order valence-electron chi connectivity index (χ4n) is 2.13. The van der Waals surface area contributed by atoms with E-state index < -0.39 is 9.84 Å². The Kier molecular flexibility index (Phi) is 4.59. The first-order chi connectivity index (χ1) is 8.96. The zero-order valence-corrected chi connectivity index (χ0v) is 12.4. The number of nitrogens with one attached hydrogen (secondary N) is 2. The SMILES string of the molecule is C[C@H](NC(=O)CC1CS(=O)(=O)CCN1)c1cccs1. The lowest BCUT2D eigenvalue weighted by atomic mass is 10.2. The van der Waals surface area contributed by atoms with E-state index in [1.165, 1.54) is 0 Å². The molecule has 1 fully saturated rings. The molecule has 1 aromatic heterocycles. The van der Waals surface area contributed by atoms with Gasteiger partial charge in [0.2, 0.25) is 5.91 Å². The van der Waals surface area contributed by atoms with E-state index in [-0.39, 0.29) is 35.9 Å². The maximum Gasteiger partial charge on any atom is 0.222 e. The van der Waals surface area contributed by atoms with Crippen LogP contribution in [0.1, 0.15) is 24.3 Å². The van der Waals surface area contributed by atoms with Crippen molar-refractivity contribution in [2.75, 3.05) is 18.1 Å². The summed E-state index contributed by atoms with van der Waals surface area (Å²) in [6.45, 7) is 2.36. The van der Waals surface area contributed by atoms with Gasteiger partial charge in [0.05, 0.1) is 17.5 Å². The molecule has 1 aliphatic heterocycles. The van der Waals surface area contributed by atoms with Gasteiger partial charge in [0.15, 0.2) is 9.84 Å². The van der Waals surface area contributed by atoms with Crippen molar-refractivity contribution in [3.05, 3.63) is 22.4 Å². The van der Waals surface area contributed by atoms with E-state index in [0.29, 0.717) is 6.54 Å². The van der Waals surface area contributed by atoms with Crippen LogP contribution in [0.15, 0.2) is 17.5 Å². The molecule has 0 aromatic carbocycles. The predicted molar refractivity (Wildman–Crippen MR) is 75.9 cm³/mol. The third kappa shape index (κ3) is 4.29. The molecule has 5 nitrogen and oxygen atoms in total. The van der Waals surface area contributed by atoms with E-state index in [2.05, 4.69) is 10.6 Å². The van der Waals surface area contributed by atoms with E-state index in [9.17, 15) is 13.2 Å². The van der Waals surface area contributed by atoms with Gasteiger partial charge in [0.1, 0.15) is 0 Å². The summed E-state index contributed by atoms with van der Waals surface area (Å²) in [5, 5.41) is 7.94. The minimum Gasteiger partial charge on any atom is -0.349 e. The molecular formula is C12H18N2O3S2. The third-order valence-electron chi connectivity index (χ3n) is 3.08. The first-order valence-electron chi connectivity index (χ1n) is 6.23. The largest absolute Gasteiger partial charge is 0.349 e. The summed E-state index contributed by atoms with van der Waals surface area (Å²) in [7, 11) is -2.99. The normalized spacial score (nSPS) is 23.7. The molecule has 0 aliphatic carbocycles. The molecule has 1 saturated heterocycles. The summed E-state index contributed by atoms with van der Waals surface area (Å²) >= 11 is 1.59. The van der Waals surface area contributed by atoms with Crippen LogP contribution in [0.25, 0.3) is 0 Å². The lowest BCUT2D eigenvalue weighted by Crippen LogP contribution is -2.47. The van der Waals surface area contributed by atoms with Gasteiger partial charge in [-0.25, -0.2) is 8.42 Å². The molecule has 19 heavy (non-hydrogen) atoms. The number of hydrogen-bond acceptors (Lipinski definition) is 5. The Balaban J connectivity index is 1.84. The van der Waals surface area contributed by atoms with Gasteiger partial charge in [-0.3, -0.25) is 4.79 Å². The molecular weight excluding hydrogens is 284 g/mol. The molecule has 7 heteroatoms. The van der Waals surface area contributed by atoms with Crippen LogP contribution >= 0.6 is 11.3 Å². The van der Waals surface area contributed by atoms with Crippen molar-refractivity contribution in [1.29, 1.82) is 0 Å². The van der Waals surface area contributed by atoms with Gasteiger partial charge in [-0.2, -0.15) is 0 Å². The number of rotatable bonds is 4. The molecule has 2 N–H and O–H groups in total. The molecule has 0 spiro atoms. The number of carbonyl (C=O) groups is 1. The molecule has 2 rings (SSSR count). The minimum absolute atomic E-state index is 0.0345. The van der Waals surface area contributed by atoms with Crippen molar-refractivity contribution in [3.63, 3.8) is 0 Å². The summed E-state index contributed by atoms with van der Waals surface area (Å²) in [5.74, 6) is 0.0975. The molecule has 106 valence electrons. The van der Waals surface area contributed by atoms with Crippen LogP contribution in [-0.4, -0.2) is 38.4 Å². The topological polar surface area (TPSA) is 75.3 Å². The fourth-order valence-corrected chi connectivity index (χ4v) is 4.31. The fraction of sp³-hybridized carbons (Fsp3) is 0.583. The van der Waals surface area contributed by atoms with Crippen molar-refractivity contribution >= 4 is 27.1 Å². The maximum atomic E-state index is 11.9. The highest BCUT2D eigenvalue weighted by atomic mass is 32.2. The van der Waals surface area contributed by atoms with Crippen molar-refractivity contribution in [2.45, 2.75) is 25.4 Å². The molecule has 1 unspecified atom stereocenters. The zero-order chi connectivity index (χ0) is 13.9. The Hall–Kier alpha value is -0.920. The molecule has 0 saturated carbocycles. The van der Waals surface area contributed by atoms with Crippen LogP contribution in [0.5, 0.6) is 0 Å². The molecule has 0 bridgehead atoms. The zero-order valence-electron chi connectivity index (χ0n) is 10.8. The van der Waals surface area contributed by atoms with Crippen LogP contribution in [0, 0.1) is 0 Å². The molecule has 1 aromatic rings. The van der Waals surface area contributed by atoms with E-state index in [1.807, 2.05) is 24.4 Å². The van der Waals surface area contributed by atoms with Gasteiger partial charge in [-0.15, -0.1) is 11.3 Å². The summed E-state index contributed by atoms with van der Waals surface area (Å²) in [6, 6.07) is 3.61. The van der Waals surface area contributed by atoms with Gasteiger partial charge in [0, 0.05) is 23.9 Å². The number of thiophene rings is 1. The van der Waals surface area contributed by atoms with Crippen molar-refractivity contribution in [3.8, 4) is 0 Å². The molecule has 0 radical (unpaired) electrons. The average Bonchev–Trinajstić information content (AvgIpc) is 2.80. The van der Waals surface area contributed by atoms with Crippen LogP contribution in [0.2, 0.25) is 0 Å². The quantitative estimate of drug-likeness (QED) is 0.858. The van der Waals surface area contributed by atoms with Crippen LogP contribution < -0.4 is 10.6 Å². The monoisotopic (exact) mass is 302 g/mol. The Morgan fingerprint density at radius 3 is 3.05 bits per heavy atom. The van der Waals surface area contributed by atoms with Crippen LogP contribution in [-0.2, 0) is 14.6 Å². The minimum atomic E-state index is -2.99. The second kappa shape index (κ2) is 6.02. The van der Waals surface area contributed by atoms with Crippen LogP contribution in [0.3, 0.4) is 0 Å². The first kappa shape index (κ1) is 14.5. The smallest absolute Gasteiger partial charge is 0.222 e.